The van der Waals surface area contributed by atoms with Crippen LogP contribution in [0.25, 0.3) is 0 Å². The van der Waals surface area contributed by atoms with Crippen LogP contribution in [0.3, 0.4) is 0 Å². The Bertz CT molecular complexity index is 958. The third kappa shape index (κ3) is 5.44. The van der Waals surface area contributed by atoms with Gasteiger partial charge in [-0.2, -0.15) is 4.31 Å². The molecule has 9 heteroatoms. The minimum absolute atomic E-state index is 0.0840. The number of ether oxygens (including phenoxy) is 2. The van der Waals surface area contributed by atoms with Crippen LogP contribution in [-0.4, -0.2) is 52.0 Å². The Morgan fingerprint density at radius 1 is 1.13 bits per heavy atom. The summed E-state index contributed by atoms with van der Waals surface area (Å²) in [6.45, 7) is 1.28. The lowest BCUT2D eigenvalue weighted by Crippen LogP contribution is -2.43. The molecule has 0 spiro atoms. The quantitative estimate of drug-likeness (QED) is 0.622. The van der Waals surface area contributed by atoms with Gasteiger partial charge in [-0.3, -0.25) is 4.79 Å². The molecule has 0 radical (unpaired) electrons. The third-order valence-electron chi connectivity index (χ3n) is 5.02. The first kappa shape index (κ1) is 22.4. The van der Waals surface area contributed by atoms with E-state index in [1.807, 2.05) is 12.1 Å². The summed E-state index contributed by atoms with van der Waals surface area (Å²) in [7, 11) is -2.05. The summed E-state index contributed by atoms with van der Waals surface area (Å²) in [5.74, 6) is 0.875. The van der Waals surface area contributed by atoms with E-state index in [1.165, 1.54) is 23.5 Å². The lowest BCUT2D eigenvalue weighted by molar-refractivity contribution is -0.126. The van der Waals surface area contributed by atoms with Gasteiger partial charge in [-0.1, -0.05) is 23.7 Å². The highest BCUT2D eigenvalue weighted by molar-refractivity contribution is 7.89. The van der Waals surface area contributed by atoms with Crippen molar-refractivity contribution in [3.05, 3.63) is 53.6 Å². The largest absolute Gasteiger partial charge is 0.497 e. The third-order valence-corrected chi connectivity index (χ3v) is 7.24. The molecule has 0 aliphatic carbocycles. The van der Waals surface area contributed by atoms with Gasteiger partial charge in [0, 0.05) is 19.0 Å². The van der Waals surface area contributed by atoms with Crippen LogP contribution in [0.5, 0.6) is 11.5 Å². The van der Waals surface area contributed by atoms with Gasteiger partial charge in [0.05, 0.1) is 23.6 Å². The lowest BCUT2D eigenvalue weighted by Gasteiger charge is -2.30. The molecular weight excluding hydrogens is 428 g/mol. The summed E-state index contributed by atoms with van der Waals surface area (Å²) in [4.78, 5) is 12.6. The molecule has 1 heterocycles. The van der Waals surface area contributed by atoms with Gasteiger partial charge in [0.2, 0.25) is 15.9 Å². The van der Waals surface area contributed by atoms with Crippen LogP contribution in [0.2, 0.25) is 5.02 Å². The molecule has 0 bridgehead atoms. The second-order valence-corrected chi connectivity index (χ2v) is 9.27. The molecule has 1 N–H and O–H groups in total. The molecule has 1 saturated heterocycles. The van der Waals surface area contributed by atoms with E-state index in [1.54, 1.807) is 24.3 Å². The molecule has 30 heavy (non-hydrogen) atoms. The minimum atomic E-state index is -3.58. The van der Waals surface area contributed by atoms with E-state index in [0.717, 1.165) is 0 Å². The van der Waals surface area contributed by atoms with E-state index in [-0.39, 0.29) is 16.7 Å². The number of methoxy groups -OCH3 is 1. The highest BCUT2D eigenvalue weighted by Gasteiger charge is 2.32. The predicted octanol–water partition coefficient (Wildman–Crippen LogP) is 2.94. The first-order chi connectivity index (χ1) is 14.4. The zero-order valence-electron chi connectivity index (χ0n) is 16.7. The van der Waals surface area contributed by atoms with Crippen LogP contribution in [0, 0.1) is 5.92 Å². The Kier molecular flexibility index (Phi) is 7.58. The van der Waals surface area contributed by atoms with Crippen molar-refractivity contribution in [3.8, 4) is 11.5 Å². The fourth-order valence-corrected chi connectivity index (χ4v) is 4.96. The number of sulfonamides is 1. The number of hydrogen-bond donors (Lipinski definition) is 1. The Balaban J connectivity index is 1.45. The van der Waals surface area contributed by atoms with Crippen LogP contribution < -0.4 is 14.8 Å². The van der Waals surface area contributed by atoms with Crippen molar-refractivity contribution in [3.63, 3.8) is 0 Å². The van der Waals surface area contributed by atoms with Crippen LogP contribution in [0.1, 0.15) is 12.8 Å². The average molecular weight is 453 g/mol. The van der Waals surface area contributed by atoms with E-state index >= 15 is 0 Å². The van der Waals surface area contributed by atoms with Gasteiger partial charge in [-0.15, -0.1) is 0 Å². The van der Waals surface area contributed by atoms with E-state index in [9.17, 15) is 13.2 Å². The smallest absolute Gasteiger partial charge is 0.243 e. The van der Waals surface area contributed by atoms with Crippen LogP contribution >= 0.6 is 11.6 Å². The molecule has 0 atom stereocenters. The number of carbonyl (C=O) groups is 1. The zero-order valence-corrected chi connectivity index (χ0v) is 18.3. The first-order valence-electron chi connectivity index (χ1n) is 9.71. The molecule has 0 unspecified atom stereocenters. The molecule has 1 aliphatic heterocycles. The Morgan fingerprint density at radius 2 is 1.80 bits per heavy atom. The number of para-hydroxylation sites is 1. The summed E-state index contributed by atoms with van der Waals surface area (Å²) >= 11 is 6.02. The van der Waals surface area contributed by atoms with Gasteiger partial charge in [0.25, 0.3) is 0 Å². The average Bonchev–Trinajstić information content (AvgIpc) is 2.77. The van der Waals surface area contributed by atoms with Crippen LogP contribution in [-0.2, 0) is 14.8 Å². The molecule has 0 aromatic heterocycles. The fraction of sp³-hybridized carbons (Fsp3) is 0.381. The van der Waals surface area contributed by atoms with Gasteiger partial charge in [-0.25, -0.2) is 8.42 Å². The number of hydrogen-bond acceptors (Lipinski definition) is 5. The normalized spacial score (nSPS) is 15.5. The number of amides is 1. The van der Waals surface area contributed by atoms with Gasteiger partial charge in [0.15, 0.2) is 0 Å². The fourth-order valence-electron chi connectivity index (χ4n) is 3.30. The Hall–Kier alpha value is -2.29. The summed E-state index contributed by atoms with van der Waals surface area (Å²) in [5.41, 5.74) is 0. The Labute approximate surface area is 182 Å². The second-order valence-electron chi connectivity index (χ2n) is 6.92. The van der Waals surface area contributed by atoms with E-state index < -0.39 is 10.0 Å². The molecule has 1 aliphatic rings. The Morgan fingerprint density at radius 3 is 2.43 bits per heavy atom. The van der Waals surface area contributed by atoms with Crippen molar-refractivity contribution in [2.45, 2.75) is 17.7 Å². The van der Waals surface area contributed by atoms with E-state index in [2.05, 4.69) is 5.32 Å². The monoisotopic (exact) mass is 452 g/mol. The number of benzene rings is 2. The van der Waals surface area contributed by atoms with Crippen molar-refractivity contribution in [1.82, 2.24) is 9.62 Å². The van der Waals surface area contributed by atoms with Crippen molar-refractivity contribution in [2.24, 2.45) is 5.92 Å². The van der Waals surface area contributed by atoms with Crippen molar-refractivity contribution in [2.75, 3.05) is 33.4 Å². The molecule has 0 saturated carbocycles. The van der Waals surface area contributed by atoms with Gasteiger partial charge in [0.1, 0.15) is 18.1 Å². The number of nitrogens with zero attached hydrogens (tertiary/aromatic N) is 1. The highest BCUT2D eigenvalue weighted by Crippen LogP contribution is 2.25. The molecule has 1 fully saturated rings. The number of carbonyl (C=O) groups excluding carboxylic acids is 1. The summed E-state index contributed by atoms with van der Waals surface area (Å²) in [5, 5.41) is 3.37. The standard InChI is InChI=1S/C21H25ClN2O5S/c1-28-17-6-8-18(9-7-17)30(26,27)24-13-10-16(11-14-24)21(25)23-12-15-29-20-5-3-2-4-19(20)22/h2-9,16H,10-15H2,1H3,(H,23,25). The van der Waals surface area contributed by atoms with Crippen LogP contribution in [0.15, 0.2) is 53.4 Å². The maximum absolute atomic E-state index is 12.8. The van der Waals surface area contributed by atoms with Gasteiger partial charge in [-0.05, 0) is 49.2 Å². The highest BCUT2D eigenvalue weighted by atomic mass is 35.5. The number of rotatable bonds is 8. The number of nitrogens with one attached hydrogen (secondary N) is 1. The van der Waals surface area contributed by atoms with Crippen LogP contribution in [0.4, 0.5) is 0 Å². The van der Waals surface area contributed by atoms with E-state index in [0.29, 0.717) is 55.6 Å². The van der Waals surface area contributed by atoms with Crippen molar-refractivity contribution < 1.29 is 22.7 Å². The molecule has 1 amide bonds. The first-order valence-corrected chi connectivity index (χ1v) is 11.5. The topological polar surface area (TPSA) is 84.9 Å². The summed E-state index contributed by atoms with van der Waals surface area (Å²) in [6, 6.07) is 13.5. The number of halogens is 1. The molecular formula is C21H25ClN2O5S. The molecule has 3 rings (SSSR count). The molecule has 162 valence electrons. The zero-order chi connectivity index (χ0) is 21.6. The maximum atomic E-state index is 12.8. The summed E-state index contributed by atoms with van der Waals surface area (Å²) < 4.78 is 37.6. The number of piperidine rings is 1. The predicted molar refractivity (Wildman–Crippen MR) is 114 cm³/mol. The van der Waals surface area contributed by atoms with Gasteiger partial charge >= 0.3 is 0 Å². The van der Waals surface area contributed by atoms with Crippen molar-refractivity contribution in [1.29, 1.82) is 0 Å². The SMILES string of the molecule is COc1ccc(S(=O)(=O)N2CCC(C(=O)NCCOc3ccccc3Cl)CC2)cc1. The maximum Gasteiger partial charge on any atom is 0.243 e. The molecule has 7 nitrogen and oxygen atoms in total. The lowest BCUT2D eigenvalue weighted by atomic mass is 9.97. The molecule has 2 aromatic carbocycles. The summed E-state index contributed by atoms with van der Waals surface area (Å²) in [6.07, 6.45) is 0.958. The minimum Gasteiger partial charge on any atom is -0.497 e. The van der Waals surface area contributed by atoms with Gasteiger partial charge < -0.3 is 14.8 Å². The van der Waals surface area contributed by atoms with Crippen molar-refractivity contribution >= 4 is 27.5 Å². The van der Waals surface area contributed by atoms with E-state index in [4.69, 9.17) is 21.1 Å². The molecule has 2 aromatic rings. The second kappa shape index (κ2) is 10.1.